The second-order valence-corrected chi connectivity index (χ2v) is 3.68. The van der Waals surface area contributed by atoms with Crippen molar-refractivity contribution < 1.29 is 5.21 Å². The van der Waals surface area contributed by atoms with Gasteiger partial charge in [-0.2, -0.15) is 0 Å². The van der Waals surface area contributed by atoms with Gasteiger partial charge < -0.3 is 10.2 Å². The van der Waals surface area contributed by atoms with Crippen LogP contribution in [0, 0.1) is 0 Å². The van der Waals surface area contributed by atoms with E-state index in [1.165, 1.54) is 18.3 Å². The lowest BCUT2D eigenvalue weighted by molar-refractivity contribution is 0.155. The third-order valence-electron chi connectivity index (χ3n) is 2.39. The molecule has 0 spiro atoms. The van der Waals surface area contributed by atoms with Gasteiger partial charge in [0.05, 0.1) is 10.5 Å². The first-order valence-corrected chi connectivity index (χ1v) is 4.81. The quantitative estimate of drug-likeness (QED) is 0.574. The lowest BCUT2D eigenvalue weighted by atomic mass is 10.2. The smallest absolute Gasteiger partial charge is 0.189 e. The summed E-state index contributed by atoms with van der Waals surface area (Å²) in [4.78, 5) is 15.1. The van der Waals surface area contributed by atoms with Gasteiger partial charge in [-0.25, -0.2) is 0 Å². The molecule has 0 fully saturated rings. The second-order valence-electron chi connectivity index (χ2n) is 3.30. The van der Waals surface area contributed by atoms with Crippen molar-refractivity contribution in [2.45, 2.75) is 0 Å². The van der Waals surface area contributed by atoms with Crippen LogP contribution in [0.1, 0.15) is 0 Å². The van der Waals surface area contributed by atoms with E-state index in [4.69, 9.17) is 11.6 Å². The van der Waals surface area contributed by atoms with Gasteiger partial charge in [-0.3, -0.25) is 4.79 Å². The highest BCUT2D eigenvalue weighted by Crippen LogP contribution is 2.27. The number of nitrogens with one attached hydrogen (secondary N) is 1. The molecule has 0 saturated carbocycles. The van der Waals surface area contributed by atoms with Gasteiger partial charge in [0.15, 0.2) is 5.43 Å². The molecule has 2 N–H and O–H groups in total. The summed E-state index contributed by atoms with van der Waals surface area (Å²) in [6.45, 7) is 0. The number of rotatable bonds is 0. The summed E-state index contributed by atoms with van der Waals surface area (Å²) < 4.78 is 0. The second kappa shape index (κ2) is 2.96. The third kappa shape index (κ3) is 1.04. The number of nitrogens with zero attached hydrogens (tertiary/aromatic N) is 3. The summed E-state index contributed by atoms with van der Waals surface area (Å²) in [7, 11) is 0. The zero-order valence-electron chi connectivity index (χ0n) is 7.81. The molecule has 0 amide bonds. The summed E-state index contributed by atoms with van der Waals surface area (Å²) in [6, 6.07) is 2.88. The number of hydrogen-bond donors (Lipinski definition) is 2. The van der Waals surface area contributed by atoms with E-state index in [1.54, 1.807) is 0 Å². The molecule has 0 radical (unpaired) electrons. The van der Waals surface area contributed by atoms with Gasteiger partial charge in [0, 0.05) is 17.6 Å². The Bertz CT molecular complexity index is 761. The molecule has 0 aliphatic heterocycles. The lowest BCUT2D eigenvalue weighted by Gasteiger charge is -2.00. The van der Waals surface area contributed by atoms with E-state index in [2.05, 4.69) is 15.3 Å². The summed E-state index contributed by atoms with van der Waals surface area (Å²) in [5, 5.41) is 17.2. The van der Waals surface area contributed by atoms with Crippen LogP contribution in [0.2, 0.25) is 5.02 Å². The molecular weight excluding hydrogens is 232 g/mol. The van der Waals surface area contributed by atoms with Gasteiger partial charge in [-0.15, -0.1) is 5.10 Å². The van der Waals surface area contributed by atoms with Crippen LogP contribution >= 0.6 is 11.6 Å². The predicted molar refractivity (Wildman–Crippen MR) is 57.8 cm³/mol. The molecule has 3 rings (SSSR count). The predicted octanol–water partition coefficient (Wildman–Crippen LogP) is 1.16. The molecule has 0 bridgehead atoms. The molecule has 1 aromatic carbocycles. The van der Waals surface area contributed by atoms with Crippen molar-refractivity contribution in [3.05, 3.63) is 33.6 Å². The van der Waals surface area contributed by atoms with Crippen LogP contribution in [0.25, 0.3) is 21.9 Å². The molecule has 0 unspecified atom stereocenters. The SMILES string of the molecule is O=c1cc[nH]c2c(Cl)c3nnn(O)c3cc12. The Balaban J connectivity index is 2.68. The van der Waals surface area contributed by atoms with Crippen LogP contribution < -0.4 is 5.43 Å². The van der Waals surface area contributed by atoms with E-state index in [9.17, 15) is 10.0 Å². The standard InChI is InChI=1S/C9H5ClN4O2/c10-7-8-4(6(15)1-2-11-8)3-5-9(7)12-13-14(5)16/h1-3,16H,(H,11,15). The molecule has 0 atom stereocenters. The minimum absolute atomic E-state index is 0.182. The molecule has 0 saturated heterocycles. The van der Waals surface area contributed by atoms with Crippen LogP contribution in [0.4, 0.5) is 0 Å². The number of aromatic nitrogens is 4. The normalized spacial score (nSPS) is 11.3. The Hall–Kier alpha value is -2.08. The Morgan fingerprint density at radius 2 is 2.31 bits per heavy atom. The molecule has 0 aliphatic rings. The van der Waals surface area contributed by atoms with E-state index < -0.39 is 0 Å². The molecule has 6 nitrogen and oxygen atoms in total. The fourth-order valence-corrected chi connectivity index (χ4v) is 1.93. The number of fused-ring (bicyclic) bond motifs is 2. The average molecular weight is 237 g/mol. The number of aromatic amines is 1. The number of H-pyrrole nitrogens is 1. The molecule has 7 heteroatoms. The summed E-state index contributed by atoms with van der Waals surface area (Å²) in [5.74, 6) is 0. The lowest BCUT2D eigenvalue weighted by Crippen LogP contribution is -2.01. The summed E-state index contributed by atoms with van der Waals surface area (Å²) in [5.41, 5.74) is 0.952. The third-order valence-corrected chi connectivity index (χ3v) is 2.76. The monoisotopic (exact) mass is 236 g/mol. The molecule has 0 aliphatic carbocycles. The number of benzene rings is 1. The van der Waals surface area contributed by atoms with Crippen molar-refractivity contribution in [3.8, 4) is 0 Å². The molecular formula is C9H5ClN4O2. The largest absolute Gasteiger partial charge is 0.410 e. The van der Waals surface area contributed by atoms with Gasteiger partial charge in [0.2, 0.25) is 0 Å². The van der Waals surface area contributed by atoms with Crippen LogP contribution in [0.3, 0.4) is 0 Å². The van der Waals surface area contributed by atoms with Gasteiger partial charge in [0.25, 0.3) is 0 Å². The van der Waals surface area contributed by atoms with E-state index in [-0.39, 0.29) is 10.5 Å². The van der Waals surface area contributed by atoms with E-state index in [1.807, 2.05) is 0 Å². The molecule has 80 valence electrons. The van der Waals surface area contributed by atoms with Crippen molar-refractivity contribution in [3.63, 3.8) is 0 Å². The van der Waals surface area contributed by atoms with Crippen LogP contribution in [0.15, 0.2) is 23.1 Å². The maximum Gasteiger partial charge on any atom is 0.189 e. The van der Waals surface area contributed by atoms with Crippen molar-refractivity contribution in [1.82, 2.24) is 20.1 Å². The fraction of sp³-hybridized carbons (Fsp3) is 0. The summed E-state index contributed by atoms with van der Waals surface area (Å²) >= 11 is 6.06. The van der Waals surface area contributed by atoms with Crippen LogP contribution in [-0.2, 0) is 0 Å². The van der Waals surface area contributed by atoms with Gasteiger partial charge >= 0.3 is 0 Å². The summed E-state index contributed by atoms with van der Waals surface area (Å²) in [6.07, 6.45) is 1.51. The number of halogens is 1. The zero-order chi connectivity index (χ0) is 11.3. The van der Waals surface area contributed by atoms with Crippen molar-refractivity contribution in [2.24, 2.45) is 0 Å². The topological polar surface area (TPSA) is 83.8 Å². The minimum atomic E-state index is -0.182. The van der Waals surface area contributed by atoms with Gasteiger partial charge in [0.1, 0.15) is 11.0 Å². The maximum atomic E-state index is 11.6. The highest BCUT2D eigenvalue weighted by Gasteiger charge is 2.13. The maximum absolute atomic E-state index is 11.6. The Labute approximate surface area is 93.0 Å². The van der Waals surface area contributed by atoms with E-state index in [0.717, 1.165) is 0 Å². The minimum Gasteiger partial charge on any atom is -0.410 e. The van der Waals surface area contributed by atoms with Crippen molar-refractivity contribution >= 4 is 33.5 Å². The first-order chi connectivity index (χ1) is 7.68. The Morgan fingerprint density at radius 3 is 3.12 bits per heavy atom. The first-order valence-electron chi connectivity index (χ1n) is 4.43. The molecule has 3 aromatic rings. The molecule has 2 aromatic heterocycles. The average Bonchev–Trinajstić information content (AvgIpc) is 2.63. The number of hydrogen-bond acceptors (Lipinski definition) is 4. The van der Waals surface area contributed by atoms with E-state index in [0.29, 0.717) is 26.8 Å². The Morgan fingerprint density at radius 1 is 1.50 bits per heavy atom. The highest BCUT2D eigenvalue weighted by molar-refractivity contribution is 6.39. The van der Waals surface area contributed by atoms with Crippen molar-refractivity contribution in [1.29, 1.82) is 0 Å². The van der Waals surface area contributed by atoms with Crippen LogP contribution in [0.5, 0.6) is 0 Å². The fourth-order valence-electron chi connectivity index (χ4n) is 1.64. The molecule has 16 heavy (non-hydrogen) atoms. The Kier molecular flexibility index (Phi) is 1.69. The van der Waals surface area contributed by atoms with Crippen LogP contribution in [-0.4, -0.2) is 25.3 Å². The zero-order valence-corrected chi connectivity index (χ0v) is 8.56. The van der Waals surface area contributed by atoms with E-state index >= 15 is 0 Å². The first kappa shape index (κ1) is 9.17. The van der Waals surface area contributed by atoms with Crippen molar-refractivity contribution in [2.75, 3.05) is 0 Å². The molecule has 2 heterocycles. The van der Waals surface area contributed by atoms with Gasteiger partial charge in [-0.1, -0.05) is 16.4 Å². The van der Waals surface area contributed by atoms with Gasteiger partial charge in [-0.05, 0) is 11.3 Å². The number of pyridine rings is 1. The highest BCUT2D eigenvalue weighted by atomic mass is 35.5.